The van der Waals surface area contributed by atoms with Crippen molar-refractivity contribution < 1.29 is 9.90 Å². The van der Waals surface area contributed by atoms with Crippen LogP contribution < -0.4 is 0 Å². The molecule has 2 heteroatoms. The van der Waals surface area contributed by atoms with Crippen molar-refractivity contribution in [3.05, 3.63) is 0 Å². The molecule has 92 valence electrons. The summed E-state index contributed by atoms with van der Waals surface area (Å²) in [4.78, 5) is 10.3. The van der Waals surface area contributed by atoms with Crippen LogP contribution in [-0.4, -0.2) is 11.1 Å². The fourth-order valence-corrected chi connectivity index (χ4v) is 2.92. The van der Waals surface area contributed by atoms with Crippen molar-refractivity contribution in [3.63, 3.8) is 0 Å². The highest BCUT2D eigenvalue weighted by atomic mass is 16.4. The molecular weight excluding hydrogens is 200 g/mol. The molecule has 0 amide bonds. The second kappa shape index (κ2) is 5.70. The molecule has 2 atom stereocenters. The second-order valence-corrected chi connectivity index (χ2v) is 5.70. The first kappa shape index (κ1) is 11.9. The van der Waals surface area contributed by atoms with Gasteiger partial charge in [0.25, 0.3) is 0 Å². The monoisotopic (exact) mass is 224 g/mol. The maximum absolute atomic E-state index is 10.3. The highest BCUT2D eigenvalue weighted by Gasteiger charge is 2.46. The number of rotatable bonds is 9. The van der Waals surface area contributed by atoms with E-state index in [1.54, 1.807) is 0 Å². The van der Waals surface area contributed by atoms with Crippen LogP contribution in [0.4, 0.5) is 0 Å². The van der Waals surface area contributed by atoms with Gasteiger partial charge in [0.2, 0.25) is 0 Å². The molecule has 0 aromatic rings. The summed E-state index contributed by atoms with van der Waals surface area (Å²) in [5.41, 5.74) is 0. The lowest BCUT2D eigenvalue weighted by atomic mass is 10.1. The molecule has 2 saturated carbocycles. The van der Waals surface area contributed by atoms with Gasteiger partial charge in [0.05, 0.1) is 0 Å². The summed E-state index contributed by atoms with van der Waals surface area (Å²) in [7, 11) is 0. The Balaban J connectivity index is 1.34. The third-order valence-corrected chi connectivity index (χ3v) is 4.17. The summed E-state index contributed by atoms with van der Waals surface area (Å²) in [5.74, 6) is 2.67. The lowest BCUT2D eigenvalue weighted by molar-refractivity contribution is -0.137. The number of unbranched alkanes of at least 4 members (excludes halogenated alkanes) is 4. The van der Waals surface area contributed by atoms with Crippen LogP contribution in [-0.2, 0) is 4.79 Å². The Labute approximate surface area is 98.4 Å². The van der Waals surface area contributed by atoms with Crippen molar-refractivity contribution in [2.75, 3.05) is 0 Å². The first-order valence-electron chi connectivity index (χ1n) is 6.99. The summed E-state index contributed by atoms with van der Waals surface area (Å²) < 4.78 is 0. The van der Waals surface area contributed by atoms with Crippen LogP contribution in [0.5, 0.6) is 0 Å². The molecule has 0 aliphatic heterocycles. The number of hydrogen-bond acceptors (Lipinski definition) is 1. The molecular formula is C14H24O2. The van der Waals surface area contributed by atoms with Crippen molar-refractivity contribution >= 4 is 5.97 Å². The van der Waals surface area contributed by atoms with E-state index >= 15 is 0 Å². The summed E-state index contributed by atoms with van der Waals surface area (Å²) >= 11 is 0. The Morgan fingerprint density at radius 3 is 2.44 bits per heavy atom. The minimum absolute atomic E-state index is 0.354. The average molecular weight is 224 g/mol. The van der Waals surface area contributed by atoms with E-state index in [-0.39, 0.29) is 0 Å². The van der Waals surface area contributed by atoms with Gasteiger partial charge in [0.1, 0.15) is 0 Å². The predicted octanol–water partition coefficient (Wildman–Crippen LogP) is 3.85. The molecule has 0 spiro atoms. The zero-order chi connectivity index (χ0) is 11.4. The predicted molar refractivity (Wildman–Crippen MR) is 64.3 cm³/mol. The highest BCUT2D eigenvalue weighted by Crippen LogP contribution is 2.56. The Morgan fingerprint density at radius 1 is 1.06 bits per heavy atom. The van der Waals surface area contributed by atoms with E-state index in [0.717, 1.165) is 30.6 Å². The van der Waals surface area contributed by atoms with Gasteiger partial charge in [-0.1, -0.05) is 32.1 Å². The van der Waals surface area contributed by atoms with Gasteiger partial charge in [0.15, 0.2) is 0 Å². The van der Waals surface area contributed by atoms with E-state index in [9.17, 15) is 4.79 Å². The van der Waals surface area contributed by atoms with Crippen molar-refractivity contribution in [1.82, 2.24) is 0 Å². The highest BCUT2D eigenvalue weighted by molar-refractivity contribution is 5.66. The molecule has 2 nitrogen and oxygen atoms in total. The molecule has 0 saturated heterocycles. The average Bonchev–Trinajstić information content (AvgIpc) is 3.09. The van der Waals surface area contributed by atoms with Gasteiger partial charge < -0.3 is 5.11 Å². The van der Waals surface area contributed by atoms with E-state index < -0.39 is 5.97 Å². The van der Waals surface area contributed by atoms with Gasteiger partial charge in [-0.15, -0.1) is 0 Å². The van der Waals surface area contributed by atoms with E-state index in [2.05, 4.69) is 0 Å². The van der Waals surface area contributed by atoms with Crippen LogP contribution in [0, 0.1) is 17.8 Å². The number of carbonyl (C=O) groups is 1. The largest absolute Gasteiger partial charge is 0.481 e. The van der Waals surface area contributed by atoms with E-state index in [1.807, 2.05) is 0 Å². The van der Waals surface area contributed by atoms with Crippen LogP contribution in [0.15, 0.2) is 0 Å². The maximum Gasteiger partial charge on any atom is 0.303 e. The van der Waals surface area contributed by atoms with Gasteiger partial charge >= 0.3 is 5.97 Å². The summed E-state index contributed by atoms with van der Waals surface area (Å²) in [6.45, 7) is 0. The number of hydrogen-bond donors (Lipinski definition) is 1. The minimum atomic E-state index is -0.648. The molecule has 2 rings (SSSR count). The third kappa shape index (κ3) is 4.15. The zero-order valence-corrected chi connectivity index (χ0v) is 10.2. The van der Waals surface area contributed by atoms with Crippen LogP contribution in [0.2, 0.25) is 0 Å². The van der Waals surface area contributed by atoms with Crippen molar-refractivity contribution in [1.29, 1.82) is 0 Å². The molecule has 0 aromatic carbocycles. The molecule has 0 aromatic heterocycles. The third-order valence-electron chi connectivity index (χ3n) is 4.17. The smallest absolute Gasteiger partial charge is 0.303 e. The van der Waals surface area contributed by atoms with E-state index in [0.29, 0.717) is 6.42 Å². The zero-order valence-electron chi connectivity index (χ0n) is 10.2. The fraction of sp³-hybridized carbons (Fsp3) is 0.929. The Bertz CT molecular complexity index is 233. The van der Waals surface area contributed by atoms with E-state index in [4.69, 9.17) is 5.11 Å². The molecule has 0 radical (unpaired) electrons. The SMILES string of the molecule is O=C(O)CCCCCCC[C@@H]1C[C@H]1C1CC1. The Kier molecular flexibility index (Phi) is 4.25. The van der Waals surface area contributed by atoms with Crippen molar-refractivity contribution in [2.24, 2.45) is 17.8 Å². The first-order chi connectivity index (χ1) is 7.77. The summed E-state index contributed by atoms with van der Waals surface area (Å²) in [6.07, 6.45) is 12.2. The topological polar surface area (TPSA) is 37.3 Å². The quantitative estimate of drug-likeness (QED) is 0.604. The van der Waals surface area contributed by atoms with Gasteiger partial charge in [-0.05, 0) is 43.4 Å². The number of carboxylic acid groups (broad SMARTS) is 1. The van der Waals surface area contributed by atoms with Gasteiger partial charge in [-0.3, -0.25) is 4.79 Å². The van der Waals surface area contributed by atoms with Crippen LogP contribution >= 0.6 is 0 Å². The normalized spacial score (nSPS) is 28.0. The van der Waals surface area contributed by atoms with Gasteiger partial charge in [0, 0.05) is 6.42 Å². The van der Waals surface area contributed by atoms with Crippen LogP contribution in [0.25, 0.3) is 0 Å². The van der Waals surface area contributed by atoms with E-state index in [1.165, 1.54) is 44.9 Å². The minimum Gasteiger partial charge on any atom is -0.481 e. The molecule has 2 aliphatic carbocycles. The second-order valence-electron chi connectivity index (χ2n) is 5.70. The molecule has 2 fully saturated rings. The molecule has 16 heavy (non-hydrogen) atoms. The molecule has 0 unspecified atom stereocenters. The van der Waals surface area contributed by atoms with Gasteiger partial charge in [-0.25, -0.2) is 0 Å². The maximum atomic E-state index is 10.3. The first-order valence-corrected chi connectivity index (χ1v) is 6.99. The summed E-state index contributed by atoms with van der Waals surface area (Å²) in [6, 6.07) is 0. The number of aliphatic carboxylic acids is 1. The van der Waals surface area contributed by atoms with Crippen molar-refractivity contribution in [2.45, 2.75) is 64.2 Å². The van der Waals surface area contributed by atoms with Crippen LogP contribution in [0.3, 0.4) is 0 Å². The fourth-order valence-electron chi connectivity index (χ4n) is 2.92. The summed E-state index contributed by atoms with van der Waals surface area (Å²) in [5, 5.41) is 8.48. The molecule has 0 bridgehead atoms. The van der Waals surface area contributed by atoms with Crippen LogP contribution in [0.1, 0.15) is 64.2 Å². The Morgan fingerprint density at radius 2 is 1.75 bits per heavy atom. The lowest BCUT2D eigenvalue weighted by Gasteiger charge is -2.00. The standard InChI is InChI=1S/C14H24O2/c15-14(16)7-5-3-1-2-4-6-12-10-13(12)11-8-9-11/h11-13H,1-10H2,(H,15,16)/t12-,13+/m1/s1. The Hall–Kier alpha value is -0.530. The molecule has 0 heterocycles. The molecule has 2 aliphatic rings. The lowest BCUT2D eigenvalue weighted by Crippen LogP contribution is -1.93. The molecule has 1 N–H and O–H groups in total. The number of carboxylic acids is 1. The van der Waals surface area contributed by atoms with Crippen molar-refractivity contribution in [3.8, 4) is 0 Å². The van der Waals surface area contributed by atoms with Gasteiger partial charge in [-0.2, -0.15) is 0 Å².